The van der Waals surface area contributed by atoms with Crippen molar-refractivity contribution in [2.75, 3.05) is 5.32 Å². The molecule has 5 nitrogen and oxygen atoms in total. The SMILES string of the molecule is Cc1ccc(Cl)cc1Nc1nc2nc3cc(Cl)ccc3n2[nH]1. The zero-order valence-corrected chi connectivity index (χ0v) is 13.1. The van der Waals surface area contributed by atoms with E-state index in [4.69, 9.17) is 23.2 Å². The summed E-state index contributed by atoms with van der Waals surface area (Å²) in [5, 5.41) is 7.73. The summed E-state index contributed by atoms with van der Waals surface area (Å²) in [6.07, 6.45) is 0. The highest BCUT2D eigenvalue weighted by molar-refractivity contribution is 6.31. The van der Waals surface area contributed by atoms with Crippen LogP contribution in [0.3, 0.4) is 0 Å². The third-order valence-corrected chi connectivity index (χ3v) is 3.95. The van der Waals surface area contributed by atoms with Crippen LogP contribution in [0.4, 0.5) is 11.6 Å². The molecule has 0 spiro atoms. The zero-order valence-electron chi connectivity index (χ0n) is 11.6. The van der Waals surface area contributed by atoms with Gasteiger partial charge in [-0.05, 0) is 42.8 Å². The van der Waals surface area contributed by atoms with E-state index < -0.39 is 0 Å². The number of rotatable bonds is 2. The van der Waals surface area contributed by atoms with E-state index in [0.29, 0.717) is 21.8 Å². The standard InChI is InChI=1S/C15H11Cl2N5/c1-8-2-3-9(16)6-11(8)18-14-20-15-19-12-7-10(17)4-5-13(12)22(15)21-14/h2-7H,1H3,(H2,18,19,20,21). The number of hydrogen-bond acceptors (Lipinski definition) is 3. The fourth-order valence-electron chi connectivity index (χ4n) is 2.37. The van der Waals surface area contributed by atoms with E-state index in [9.17, 15) is 0 Å². The average molecular weight is 332 g/mol. The Bertz CT molecular complexity index is 1000. The van der Waals surface area contributed by atoms with Crippen LogP contribution in [0.1, 0.15) is 5.56 Å². The summed E-state index contributed by atoms with van der Waals surface area (Å²) in [7, 11) is 0. The lowest BCUT2D eigenvalue weighted by atomic mass is 10.2. The van der Waals surface area contributed by atoms with Gasteiger partial charge < -0.3 is 5.32 Å². The van der Waals surface area contributed by atoms with Gasteiger partial charge in [0.15, 0.2) is 0 Å². The van der Waals surface area contributed by atoms with Gasteiger partial charge in [0, 0.05) is 15.7 Å². The monoisotopic (exact) mass is 331 g/mol. The Balaban J connectivity index is 1.78. The Hall–Kier alpha value is -2.24. The topological polar surface area (TPSA) is 58.0 Å². The summed E-state index contributed by atoms with van der Waals surface area (Å²) in [6, 6.07) is 11.2. The second kappa shape index (κ2) is 4.90. The fourth-order valence-corrected chi connectivity index (χ4v) is 2.71. The first-order valence-electron chi connectivity index (χ1n) is 6.67. The minimum absolute atomic E-state index is 0.583. The number of aryl methyl sites for hydroxylation is 1. The molecule has 4 rings (SSSR count). The lowest BCUT2D eigenvalue weighted by molar-refractivity contribution is 1.01. The van der Waals surface area contributed by atoms with Crippen LogP contribution in [-0.2, 0) is 0 Å². The van der Waals surface area contributed by atoms with Crippen molar-refractivity contribution in [2.24, 2.45) is 0 Å². The molecule has 0 radical (unpaired) electrons. The molecule has 2 aromatic carbocycles. The van der Waals surface area contributed by atoms with Crippen LogP contribution in [0, 0.1) is 6.92 Å². The Morgan fingerprint density at radius 2 is 1.82 bits per heavy atom. The second-order valence-corrected chi connectivity index (χ2v) is 5.91. The first kappa shape index (κ1) is 13.4. The van der Waals surface area contributed by atoms with E-state index in [2.05, 4.69) is 20.4 Å². The van der Waals surface area contributed by atoms with Crippen molar-refractivity contribution in [1.29, 1.82) is 0 Å². The van der Waals surface area contributed by atoms with Gasteiger partial charge in [0.05, 0.1) is 11.0 Å². The Morgan fingerprint density at radius 3 is 2.68 bits per heavy atom. The molecule has 7 heteroatoms. The maximum Gasteiger partial charge on any atom is 0.253 e. The van der Waals surface area contributed by atoms with Crippen LogP contribution in [0.25, 0.3) is 16.8 Å². The molecule has 0 bridgehead atoms. The van der Waals surface area contributed by atoms with E-state index >= 15 is 0 Å². The molecule has 22 heavy (non-hydrogen) atoms. The first-order valence-corrected chi connectivity index (χ1v) is 7.43. The number of benzene rings is 2. The van der Waals surface area contributed by atoms with Crippen LogP contribution >= 0.6 is 23.2 Å². The number of halogens is 2. The largest absolute Gasteiger partial charge is 0.324 e. The molecular formula is C15H11Cl2N5. The number of imidazole rings is 1. The van der Waals surface area contributed by atoms with Gasteiger partial charge in [-0.25, -0.2) is 9.50 Å². The number of H-pyrrole nitrogens is 1. The molecule has 4 aromatic rings. The lowest BCUT2D eigenvalue weighted by Gasteiger charge is -2.06. The Morgan fingerprint density at radius 1 is 1.05 bits per heavy atom. The van der Waals surface area contributed by atoms with Gasteiger partial charge in [0.25, 0.3) is 5.78 Å². The maximum absolute atomic E-state index is 6.03. The maximum atomic E-state index is 6.03. The van der Waals surface area contributed by atoms with Crippen LogP contribution in [-0.4, -0.2) is 19.6 Å². The number of nitrogens with one attached hydrogen (secondary N) is 2. The number of anilines is 2. The van der Waals surface area contributed by atoms with Crippen molar-refractivity contribution in [1.82, 2.24) is 19.6 Å². The highest BCUT2D eigenvalue weighted by atomic mass is 35.5. The number of fused-ring (bicyclic) bond motifs is 3. The number of hydrogen-bond donors (Lipinski definition) is 2. The van der Waals surface area contributed by atoms with Crippen LogP contribution in [0.2, 0.25) is 10.0 Å². The molecule has 0 aliphatic carbocycles. The molecule has 0 aliphatic rings. The van der Waals surface area contributed by atoms with Crippen molar-refractivity contribution < 1.29 is 0 Å². The van der Waals surface area contributed by atoms with Crippen molar-refractivity contribution in [3.63, 3.8) is 0 Å². The molecule has 0 saturated heterocycles. The highest BCUT2D eigenvalue weighted by Crippen LogP contribution is 2.24. The fraction of sp³-hybridized carbons (Fsp3) is 0.0667. The van der Waals surface area contributed by atoms with Crippen molar-refractivity contribution in [3.8, 4) is 0 Å². The lowest BCUT2D eigenvalue weighted by Crippen LogP contribution is -1.96. The van der Waals surface area contributed by atoms with Crippen LogP contribution in [0.5, 0.6) is 0 Å². The normalized spacial score (nSPS) is 11.4. The Kier molecular flexibility index (Phi) is 2.99. The van der Waals surface area contributed by atoms with Gasteiger partial charge in [-0.2, -0.15) is 4.98 Å². The predicted molar refractivity (Wildman–Crippen MR) is 89.3 cm³/mol. The zero-order chi connectivity index (χ0) is 15.3. The molecule has 110 valence electrons. The summed E-state index contributed by atoms with van der Waals surface area (Å²) in [5.74, 6) is 1.18. The predicted octanol–water partition coefficient (Wildman–Crippen LogP) is 4.57. The molecule has 2 heterocycles. The molecule has 0 fully saturated rings. The van der Waals surface area contributed by atoms with Crippen LogP contribution < -0.4 is 5.32 Å². The summed E-state index contributed by atoms with van der Waals surface area (Å²) in [5.41, 5.74) is 3.70. The second-order valence-electron chi connectivity index (χ2n) is 5.04. The van der Waals surface area contributed by atoms with Crippen molar-refractivity contribution >= 4 is 51.6 Å². The third kappa shape index (κ3) is 2.19. The average Bonchev–Trinajstić information content (AvgIpc) is 2.99. The number of nitrogens with zero attached hydrogens (tertiary/aromatic N) is 3. The van der Waals surface area contributed by atoms with Crippen LogP contribution in [0.15, 0.2) is 36.4 Å². The molecule has 0 saturated carbocycles. The van der Waals surface area contributed by atoms with Gasteiger partial charge in [0.1, 0.15) is 0 Å². The third-order valence-electron chi connectivity index (χ3n) is 3.48. The van der Waals surface area contributed by atoms with Gasteiger partial charge in [-0.15, -0.1) is 0 Å². The van der Waals surface area contributed by atoms with E-state index in [-0.39, 0.29) is 0 Å². The number of aromatic nitrogens is 4. The molecule has 0 amide bonds. The molecular weight excluding hydrogens is 321 g/mol. The minimum Gasteiger partial charge on any atom is -0.324 e. The summed E-state index contributed by atoms with van der Waals surface area (Å²) in [6.45, 7) is 2.00. The molecule has 0 atom stereocenters. The summed E-state index contributed by atoms with van der Waals surface area (Å²) < 4.78 is 1.81. The van der Waals surface area contributed by atoms with E-state index in [1.165, 1.54) is 0 Å². The van der Waals surface area contributed by atoms with Gasteiger partial charge in [-0.3, -0.25) is 5.10 Å². The minimum atomic E-state index is 0.583. The Labute approximate surface area is 135 Å². The highest BCUT2D eigenvalue weighted by Gasteiger charge is 2.10. The molecule has 0 unspecified atom stereocenters. The van der Waals surface area contributed by atoms with E-state index in [1.807, 2.05) is 47.8 Å². The van der Waals surface area contributed by atoms with Crippen molar-refractivity contribution in [2.45, 2.75) is 6.92 Å². The van der Waals surface area contributed by atoms with E-state index in [0.717, 1.165) is 22.3 Å². The van der Waals surface area contributed by atoms with Gasteiger partial charge in [-0.1, -0.05) is 29.3 Å². The molecule has 2 aromatic heterocycles. The summed E-state index contributed by atoms with van der Waals surface area (Å²) >= 11 is 12.0. The van der Waals surface area contributed by atoms with E-state index in [1.54, 1.807) is 0 Å². The van der Waals surface area contributed by atoms with Gasteiger partial charge in [0.2, 0.25) is 5.95 Å². The number of aromatic amines is 1. The van der Waals surface area contributed by atoms with Gasteiger partial charge >= 0.3 is 0 Å². The smallest absolute Gasteiger partial charge is 0.253 e. The quantitative estimate of drug-likeness (QED) is 0.565. The van der Waals surface area contributed by atoms with Crippen molar-refractivity contribution in [3.05, 3.63) is 52.0 Å². The first-order chi connectivity index (χ1) is 10.6. The summed E-state index contributed by atoms with van der Waals surface area (Å²) in [4.78, 5) is 8.89. The molecule has 0 aliphatic heterocycles. The molecule has 2 N–H and O–H groups in total.